The average Bonchev–Trinajstić information content (AvgIpc) is 2.12. The SMILES string of the molecule is CS(=O)(=O)C[C@H]1CCCN1. The summed E-state index contributed by atoms with van der Waals surface area (Å²) < 4.78 is 21.5. The van der Waals surface area contributed by atoms with Crippen LogP contribution < -0.4 is 5.32 Å². The first kappa shape index (κ1) is 8.01. The predicted octanol–water partition coefficient (Wildman–Crippen LogP) is -0.217. The number of hydrogen-bond donors (Lipinski definition) is 1. The van der Waals surface area contributed by atoms with Gasteiger partial charge in [-0.15, -0.1) is 0 Å². The lowest BCUT2D eigenvalue weighted by Gasteiger charge is -2.06. The minimum absolute atomic E-state index is 0.218. The van der Waals surface area contributed by atoms with Crippen molar-refractivity contribution in [3.63, 3.8) is 0 Å². The molecular weight excluding hydrogens is 150 g/mol. The first-order valence-corrected chi connectivity index (χ1v) is 5.55. The maximum absolute atomic E-state index is 10.7. The molecule has 3 nitrogen and oxygen atoms in total. The highest BCUT2D eigenvalue weighted by Crippen LogP contribution is 2.06. The van der Waals surface area contributed by atoms with Gasteiger partial charge in [0.1, 0.15) is 9.84 Å². The van der Waals surface area contributed by atoms with Gasteiger partial charge in [0, 0.05) is 12.3 Å². The Hall–Kier alpha value is -0.0900. The van der Waals surface area contributed by atoms with E-state index in [-0.39, 0.29) is 6.04 Å². The number of sulfone groups is 1. The molecule has 0 aromatic heterocycles. The molecule has 1 aliphatic rings. The number of rotatable bonds is 2. The fraction of sp³-hybridized carbons (Fsp3) is 1.00. The van der Waals surface area contributed by atoms with Gasteiger partial charge < -0.3 is 5.32 Å². The highest BCUT2D eigenvalue weighted by Gasteiger charge is 2.18. The van der Waals surface area contributed by atoms with Crippen molar-refractivity contribution >= 4 is 9.84 Å². The Bertz CT molecular complexity index is 192. The van der Waals surface area contributed by atoms with E-state index in [1.165, 1.54) is 6.26 Å². The molecule has 1 fully saturated rings. The molecule has 1 N–H and O–H groups in total. The molecule has 4 heteroatoms. The lowest BCUT2D eigenvalue weighted by atomic mass is 10.3. The first-order valence-electron chi connectivity index (χ1n) is 3.49. The molecule has 10 heavy (non-hydrogen) atoms. The second-order valence-corrected chi connectivity index (χ2v) is 5.07. The highest BCUT2D eigenvalue weighted by atomic mass is 32.2. The Morgan fingerprint density at radius 2 is 2.30 bits per heavy atom. The lowest BCUT2D eigenvalue weighted by molar-refractivity contribution is 0.582. The summed E-state index contributed by atoms with van der Waals surface area (Å²) in [4.78, 5) is 0. The third-order valence-electron chi connectivity index (χ3n) is 1.67. The third-order valence-corrected chi connectivity index (χ3v) is 2.67. The van der Waals surface area contributed by atoms with Crippen LogP contribution in [0.1, 0.15) is 12.8 Å². The summed E-state index contributed by atoms with van der Waals surface area (Å²) in [6.45, 7) is 0.972. The quantitative estimate of drug-likeness (QED) is 0.612. The Morgan fingerprint density at radius 3 is 2.70 bits per heavy atom. The van der Waals surface area contributed by atoms with E-state index in [2.05, 4.69) is 5.32 Å². The maximum atomic E-state index is 10.7. The molecule has 0 aromatic carbocycles. The molecule has 0 unspecified atom stereocenters. The molecule has 0 bridgehead atoms. The molecule has 0 amide bonds. The van der Waals surface area contributed by atoms with Crippen LogP contribution in [0.5, 0.6) is 0 Å². The van der Waals surface area contributed by atoms with Crippen LogP contribution in [-0.4, -0.2) is 33.0 Å². The van der Waals surface area contributed by atoms with Crippen LogP contribution in [0.2, 0.25) is 0 Å². The maximum Gasteiger partial charge on any atom is 0.148 e. The van der Waals surface area contributed by atoms with Crippen LogP contribution >= 0.6 is 0 Å². The Labute approximate surface area is 61.7 Å². The van der Waals surface area contributed by atoms with Crippen LogP contribution in [0.4, 0.5) is 0 Å². The van der Waals surface area contributed by atoms with Crippen molar-refractivity contribution in [3.05, 3.63) is 0 Å². The van der Waals surface area contributed by atoms with Gasteiger partial charge in [-0.1, -0.05) is 0 Å². The van der Waals surface area contributed by atoms with E-state index < -0.39 is 9.84 Å². The van der Waals surface area contributed by atoms with Gasteiger partial charge in [0.15, 0.2) is 0 Å². The van der Waals surface area contributed by atoms with Crippen LogP contribution in [0.25, 0.3) is 0 Å². The monoisotopic (exact) mass is 163 g/mol. The molecule has 0 aliphatic carbocycles. The van der Waals surface area contributed by atoms with Crippen LogP contribution in [-0.2, 0) is 9.84 Å². The smallest absolute Gasteiger partial charge is 0.148 e. The van der Waals surface area contributed by atoms with E-state index in [1.807, 2.05) is 0 Å². The average molecular weight is 163 g/mol. The van der Waals surface area contributed by atoms with Crippen LogP contribution in [0.3, 0.4) is 0 Å². The van der Waals surface area contributed by atoms with Gasteiger partial charge in [-0.05, 0) is 19.4 Å². The molecule has 1 heterocycles. The molecule has 1 rings (SSSR count). The Morgan fingerprint density at radius 1 is 1.60 bits per heavy atom. The molecule has 0 saturated carbocycles. The zero-order valence-corrected chi connectivity index (χ0v) is 6.95. The normalized spacial score (nSPS) is 27.1. The molecule has 1 aliphatic heterocycles. The van der Waals surface area contributed by atoms with Crippen molar-refractivity contribution in [1.82, 2.24) is 5.32 Å². The first-order chi connectivity index (χ1) is 4.58. The second kappa shape index (κ2) is 2.88. The minimum atomic E-state index is -2.77. The Kier molecular flexibility index (Phi) is 2.31. The third kappa shape index (κ3) is 2.66. The van der Waals surface area contributed by atoms with E-state index in [9.17, 15) is 8.42 Å². The molecule has 1 atom stereocenters. The predicted molar refractivity (Wildman–Crippen MR) is 40.7 cm³/mol. The molecule has 0 aromatic rings. The Balaban J connectivity index is 2.38. The number of hydrogen-bond acceptors (Lipinski definition) is 3. The molecule has 60 valence electrons. The fourth-order valence-electron chi connectivity index (χ4n) is 1.26. The summed E-state index contributed by atoms with van der Waals surface area (Å²) in [6, 6.07) is 0.218. The largest absolute Gasteiger partial charge is 0.313 e. The van der Waals surface area contributed by atoms with Crippen molar-refractivity contribution in [1.29, 1.82) is 0 Å². The molecule has 0 spiro atoms. The van der Waals surface area contributed by atoms with E-state index in [0.29, 0.717) is 5.75 Å². The summed E-state index contributed by atoms with van der Waals surface area (Å²) in [5.41, 5.74) is 0. The second-order valence-electron chi connectivity index (χ2n) is 2.89. The highest BCUT2D eigenvalue weighted by molar-refractivity contribution is 7.90. The van der Waals surface area contributed by atoms with Gasteiger partial charge in [-0.2, -0.15) is 0 Å². The molecule has 0 radical (unpaired) electrons. The summed E-state index contributed by atoms with van der Waals surface area (Å²) in [5, 5.41) is 3.13. The van der Waals surface area contributed by atoms with Gasteiger partial charge in [0.2, 0.25) is 0 Å². The van der Waals surface area contributed by atoms with Crippen molar-refractivity contribution in [2.45, 2.75) is 18.9 Å². The van der Waals surface area contributed by atoms with E-state index >= 15 is 0 Å². The minimum Gasteiger partial charge on any atom is -0.313 e. The van der Waals surface area contributed by atoms with Crippen molar-refractivity contribution in [2.24, 2.45) is 0 Å². The van der Waals surface area contributed by atoms with Gasteiger partial charge in [-0.3, -0.25) is 0 Å². The van der Waals surface area contributed by atoms with Gasteiger partial charge in [0.05, 0.1) is 5.75 Å². The van der Waals surface area contributed by atoms with Crippen molar-refractivity contribution < 1.29 is 8.42 Å². The van der Waals surface area contributed by atoms with Gasteiger partial charge in [-0.25, -0.2) is 8.42 Å². The fourth-order valence-corrected chi connectivity index (χ4v) is 2.28. The summed E-state index contributed by atoms with van der Waals surface area (Å²) in [5.74, 6) is 0.299. The molecule has 1 saturated heterocycles. The van der Waals surface area contributed by atoms with Gasteiger partial charge in [0.25, 0.3) is 0 Å². The zero-order valence-electron chi connectivity index (χ0n) is 6.13. The van der Waals surface area contributed by atoms with Crippen molar-refractivity contribution in [3.8, 4) is 0 Å². The summed E-state index contributed by atoms with van der Waals surface area (Å²) in [7, 11) is -2.77. The lowest BCUT2D eigenvalue weighted by Crippen LogP contribution is -2.29. The topological polar surface area (TPSA) is 46.2 Å². The van der Waals surface area contributed by atoms with E-state index in [4.69, 9.17) is 0 Å². The van der Waals surface area contributed by atoms with Crippen LogP contribution in [0.15, 0.2) is 0 Å². The molecular formula is C6H13NO2S. The van der Waals surface area contributed by atoms with Crippen molar-refractivity contribution in [2.75, 3.05) is 18.6 Å². The van der Waals surface area contributed by atoms with E-state index in [1.54, 1.807) is 0 Å². The summed E-state index contributed by atoms with van der Waals surface area (Å²) >= 11 is 0. The summed E-state index contributed by atoms with van der Waals surface area (Å²) in [6.07, 6.45) is 3.40. The van der Waals surface area contributed by atoms with Gasteiger partial charge >= 0.3 is 0 Å². The standard InChI is InChI=1S/C6H13NO2S/c1-10(8,9)5-6-3-2-4-7-6/h6-7H,2-5H2,1H3/t6-/m1/s1. The van der Waals surface area contributed by atoms with E-state index in [0.717, 1.165) is 19.4 Å². The number of nitrogens with one attached hydrogen (secondary N) is 1. The van der Waals surface area contributed by atoms with Crippen LogP contribution in [0, 0.1) is 0 Å². The zero-order chi connectivity index (χ0) is 7.61.